The quantitative estimate of drug-likeness (QED) is 0.600. The summed E-state index contributed by atoms with van der Waals surface area (Å²) < 4.78 is 14.3. The maximum atomic E-state index is 13.9. The van der Waals surface area contributed by atoms with Crippen LogP contribution in [0.15, 0.2) is 65.1 Å². The van der Waals surface area contributed by atoms with Crippen LogP contribution >= 0.6 is 15.9 Å². The monoisotopic (exact) mass is 342 g/mol. The Labute approximate surface area is 130 Å². The van der Waals surface area contributed by atoms with Gasteiger partial charge in [0.1, 0.15) is 5.82 Å². The lowest BCUT2D eigenvalue weighted by atomic mass is 10.00. The zero-order valence-electron chi connectivity index (χ0n) is 11.1. The largest absolute Gasteiger partial charge is 0.294 e. The summed E-state index contributed by atoms with van der Waals surface area (Å²) in [6.45, 7) is 0. The van der Waals surface area contributed by atoms with Crippen LogP contribution in [-0.4, -0.2) is 5.78 Å². The van der Waals surface area contributed by atoms with E-state index in [0.717, 1.165) is 16.3 Å². The fourth-order valence-corrected chi connectivity index (χ4v) is 2.71. The molecule has 3 aromatic rings. The number of Topliss-reactive ketones (excluding diaryl/α,β-unsaturated/α-hetero) is 1. The van der Waals surface area contributed by atoms with E-state index < -0.39 is 5.82 Å². The van der Waals surface area contributed by atoms with E-state index in [4.69, 9.17) is 0 Å². The first-order valence-corrected chi connectivity index (χ1v) is 7.39. The molecule has 0 aliphatic rings. The third kappa shape index (κ3) is 2.88. The van der Waals surface area contributed by atoms with Gasteiger partial charge >= 0.3 is 0 Å². The van der Waals surface area contributed by atoms with Gasteiger partial charge < -0.3 is 0 Å². The molecule has 21 heavy (non-hydrogen) atoms. The lowest BCUT2D eigenvalue weighted by Crippen LogP contribution is -2.06. The molecule has 3 rings (SSSR count). The standard InChI is InChI=1S/C18H12BrFO/c19-16-7-3-6-15(18(16)20)17(21)11-12-8-9-13-4-1-2-5-14(13)10-12/h1-10H,11H2. The summed E-state index contributed by atoms with van der Waals surface area (Å²) in [4.78, 5) is 12.3. The summed E-state index contributed by atoms with van der Waals surface area (Å²) in [7, 11) is 0. The van der Waals surface area contributed by atoms with Crippen molar-refractivity contribution in [3.8, 4) is 0 Å². The average molecular weight is 343 g/mol. The Kier molecular flexibility index (Phi) is 3.84. The van der Waals surface area contributed by atoms with Crippen LogP contribution < -0.4 is 0 Å². The molecule has 1 nitrogen and oxygen atoms in total. The van der Waals surface area contributed by atoms with Gasteiger partial charge in [0.05, 0.1) is 10.0 Å². The van der Waals surface area contributed by atoms with E-state index in [0.29, 0.717) is 4.47 Å². The molecule has 3 heteroatoms. The molecular formula is C18H12BrFO. The second-order valence-corrected chi connectivity index (χ2v) is 5.74. The second-order valence-electron chi connectivity index (χ2n) is 4.88. The van der Waals surface area contributed by atoms with Crippen molar-refractivity contribution in [3.05, 3.63) is 82.1 Å². The number of fused-ring (bicyclic) bond motifs is 1. The average Bonchev–Trinajstić information content (AvgIpc) is 2.50. The molecule has 0 spiro atoms. The van der Waals surface area contributed by atoms with E-state index in [-0.39, 0.29) is 17.8 Å². The highest BCUT2D eigenvalue weighted by molar-refractivity contribution is 9.10. The third-order valence-corrected chi connectivity index (χ3v) is 4.04. The number of carbonyl (C=O) groups is 1. The van der Waals surface area contributed by atoms with Crippen LogP contribution in [0.25, 0.3) is 10.8 Å². The molecule has 0 N–H and O–H groups in total. The fraction of sp³-hybridized carbons (Fsp3) is 0.0556. The molecule has 0 unspecified atom stereocenters. The van der Waals surface area contributed by atoms with E-state index >= 15 is 0 Å². The number of halogens is 2. The van der Waals surface area contributed by atoms with Gasteiger partial charge in [0, 0.05) is 6.42 Å². The van der Waals surface area contributed by atoms with Crippen molar-refractivity contribution < 1.29 is 9.18 Å². The van der Waals surface area contributed by atoms with E-state index in [1.165, 1.54) is 6.07 Å². The predicted octanol–water partition coefficient (Wildman–Crippen LogP) is 5.17. The molecule has 0 aromatic heterocycles. The predicted molar refractivity (Wildman–Crippen MR) is 86.1 cm³/mol. The Hall–Kier alpha value is -2.00. The maximum absolute atomic E-state index is 13.9. The van der Waals surface area contributed by atoms with Gasteiger partial charge in [-0.05, 0) is 44.4 Å². The maximum Gasteiger partial charge on any atom is 0.170 e. The van der Waals surface area contributed by atoms with Crippen molar-refractivity contribution in [1.82, 2.24) is 0 Å². The Bertz CT molecular complexity index is 826. The summed E-state index contributed by atoms with van der Waals surface area (Å²) in [6.07, 6.45) is 0.193. The third-order valence-electron chi connectivity index (χ3n) is 3.43. The lowest BCUT2D eigenvalue weighted by Gasteiger charge is -2.05. The van der Waals surface area contributed by atoms with E-state index in [1.54, 1.807) is 12.1 Å². The van der Waals surface area contributed by atoms with Crippen LogP contribution in [-0.2, 0) is 6.42 Å². The molecule has 0 atom stereocenters. The van der Waals surface area contributed by atoms with E-state index in [9.17, 15) is 9.18 Å². The number of hydrogen-bond acceptors (Lipinski definition) is 1. The zero-order chi connectivity index (χ0) is 14.8. The molecule has 0 bridgehead atoms. The SMILES string of the molecule is O=C(Cc1ccc2ccccc2c1)c1cccc(Br)c1F. The first-order valence-electron chi connectivity index (χ1n) is 6.60. The Balaban J connectivity index is 1.91. The minimum absolute atomic E-state index is 0.123. The van der Waals surface area contributed by atoms with Gasteiger partial charge in [-0.1, -0.05) is 48.5 Å². The molecule has 3 aromatic carbocycles. The normalized spacial score (nSPS) is 10.8. The summed E-state index contributed by atoms with van der Waals surface area (Å²) in [5.41, 5.74) is 1.01. The first-order chi connectivity index (χ1) is 10.1. The summed E-state index contributed by atoms with van der Waals surface area (Å²) in [5, 5.41) is 2.21. The van der Waals surface area contributed by atoms with Gasteiger partial charge in [-0.25, -0.2) is 4.39 Å². The van der Waals surface area contributed by atoms with Crippen molar-refractivity contribution in [2.75, 3.05) is 0 Å². The number of carbonyl (C=O) groups excluding carboxylic acids is 1. The molecule has 0 aliphatic heterocycles. The molecule has 0 heterocycles. The van der Waals surface area contributed by atoms with Gasteiger partial charge in [0.25, 0.3) is 0 Å². The smallest absolute Gasteiger partial charge is 0.170 e. The minimum atomic E-state index is -0.497. The van der Waals surface area contributed by atoms with Crippen molar-refractivity contribution in [2.24, 2.45) is 0 Å². The van der Waals surface area contributed by atoms with Gasteiger partial charge in [-0.3, -0.25) is 4.79 Å². The van der Waals surface area contributed by atoms with Crippen LogP contribution in [0.2, 0.25) is 0 Å². The van der Waals surface area contributed by atoms with Crippen LogP contribution in [0, 0.1) is 5.82 Å². The van der Waals surface area contributed by atoms with Gasteiger partial charge in [-0.2, -0.15) is 0 Å². The number of rotatable bonds is 3. The van der Waals surface area contributed by atoms with Crippen molar-refractivity contribution >= 4 is 32.5 Å². The molecule has 0 aliphatic carbocycles. The summed E-state index contributed by atoms with van der Waals surface area (Å²) in [5.74, 6) is -0.715. The minimum Gasteiger partial charge on any atom is -0.294 e. The molecular weight excluding hydrogens is 331 g/mol. The highest BCUT2D eigenvalue weighted by atomic mass is 79.9. The Morgan fingerprint density at radius 3 is 2.52 bits per heavy atom. The van der Waals surface area contributed by atoms with Gasteiger partial charge in [0.15, 0.2) is 5.78 Å². The molecule has 0 fully saturated rings. The van der Waals surface area contributed by atoms with E-state index in [1.807, 2.05) is 42.5 Å². The molecule has 0 radical (unpaired) electrons. The van der Waals surface area contributed by atoms with Crippen LogP contribution in [0.3, 0.4) is 0 Å². The first kappa shape index (κ1) is 14.0. The molecule has 0 saturated heterocycles. The second kappa shape index (κ2) is 5.78. The summed E-state index contributed by atoms with van der Waals surface area (Å²) >= 11 is 3.11. The number of hydrogen-bond donors (Lipinski definition) is 0. The Morgan fingerprint density at radius 2 is 1.71 bits per heavy atom. The van der Waals surface area contributed by atoms with Crippen molar-refractivity contribution in [1.29, 1.82) is 0 Å². The Morgan fingerprint density at radius 1 is 0.952 bits per heavy atom. The van der Waals surface area contributed by atoms with E-state index in [2.05, 4.69) is 15.9 Å². The van der Waals surface area contributed by atoms with Gasteiger partial charge in [-0.15, -0.1) is 0 Å². The summed E-state index contributed by atoms with van der Waals surface area (Å²) in [6, 6.07) is 18.6. The van der Waals surface area contributed by atoms with Gasteiger partial charge in [0.2, 0.25) is 0 Å². The molecule has 0 amide bonds. The number of ketones is 1. The van der Waals surface area contributed by atoms with Crippen molar-refractivity contribution in [2.45, 2.75) is 6.42 Å². The highest BCUT2D eigenvalue weighted by Crippen LogP contribution is 2.21. The molecule has 104 valence electrons. The van der Waals surface area contributed by atoms with Crippen LogP contribution in [0.4, 0.5) is 4.39 Å². The number of benzene rings is 3. The molecule has 0 saturated carbocycles. The zero-order valence-corrected chi connectivity index (χ0v) is 12.7. The fourth-order valence-electron chi connectivity index (χ4n) is 2.35. The lowest BCUT2D eigenvalue weighted by molar-refractivity contribution is 0.0989. The highest BCUT2D eigenvalue weighted by Gasteiger charge is 2.14. The van der Waals surface area contributed by atoms with Crippen molar-refractivity contribution in [3.63, 3.8) is 0 Å². The van der Waals surface area contributed by atoms with Crippen LogP contribution in [0.5, 0.6) is 0 Å². The van der Waals surface area contributed by atoms with Crippen LogP contribution in [0.1, 0.15) is 15.9 Å². The topological polar surface area (TPSA) is 17.1 Å².